The summed E-state index contributed by atoms with van der Waals surface area (Å²) in [5, 5.41) is 2.90. The van der Waals surface area contributed by atoms with Gasteiger partial charge in [0.2, 0.25) is 5.91 Å². The minimum Gasteiger partial charge on any atom is -0.326 e. The molecule has 2 aliphatic rings. The largest absolute Gasteiger partial charge is 0.326 e. The van der Waals surface area contributed by atoms with Gasteiger partial charge in [0.1, 0.15) is 5.82 Å². The lowest BCUT2D eigenvalue weighted by Crippen LogP contribution is -2.36. The molecule has 0 aliphatic carbocycles. The number of halogens is 1. The summed E-state index contributed by atoms with van der Waals surface area (Å²) in [6, 6.07) is 13.3. The Labute approximate surface area is 164 Å². The first-order chi connectivity index (χ1) is 13.1. The summed E-state index contributed by atoms with van der Waals surface area (Å²) in [5.41, 5.74) is 3.52. The van der Waals surface area contributed by atoms with Crippen molar-refractivity contribution in [2.75, 3.05) is 30.7 Å². The zero-order valence-corrected chi connectivity index (χ0v) is 16.4. The Kier molecular flexibility index (Phi) is 5.50. The van der Waals surface area contributed by atoms with Gasteiger partial charge in [-0.15, -0.1) is 11.8 Å². The quantitative estimate of drug-likeness (QED) is 0.818. The van der Waals surface area contributed by atoms with Gasteiger partial charge in [-0.25, -0.2) is 4.39 Å². The molecule has 27 heavy (non-hydrogen) atoms. The molecule has 1 amide bonds. The first-order valence-electron chi connectivity index (χ1n) is 9.60. The Morgan fingerprint density at radius 2 is 1.93 bits per heavy atom. The van der Waals surface area contributed by atoms with Crippen LogP contribution in [0.15, 0.2) is 47.4 Å². The molecule has 1 unspecified atom stereocenters. The van der Waals surface area contributed by atoms with Crippen LogP contribution in [0.4, 0.5) is 10.1 Å². The molecule has 0 bridgehead atoms. The van der Waals surface area contributed by atoms with Crippen LogP contribution in [0.1, 0.15) is 42.7 Å². The highest BCUT2D eigenvalue weighted by molar-refractivity contribution is 7.99. The predicted molar refractivity (Wildman–Crippen MR) is 109 cm³/mol. The lowest BCUT2D eigenvalue weighted by molar-refractivity contribution is -0.114. The van der Waals surface area contributed by atoms with Gasteiger partial charge < -0.3 is 10.2 Å². The van der Waals surface area contributed by atoms with Gasteiger partial charge in [0.15, 0.2) is 0 Å². The van der Waals surface area contributed by atoms with Crippen LogP contribution in [0.25, 0.3) is 0 Å². The number of likely N-dealkylation sites (tertiary alicyclic amines) is 1. The fraction of sp³-hybridized carbons (Fsp3) is 0.409. The number of anilines is 1. The molecule has 0 spiro atoms. The van der Waals surface area contributed by atoms with Crippen molar-refractivity contribution in [2.45, 2.75) is 36.5 Å². The van der Waals surface area contributed by atoms with Gasteiger partial charge in [-0.3, -0.25) is 4.79 Å². The third-order valence-electron chi connectivity index (χ3n) is 5.62. The normalized spacial score (nSPS) is 20.4. The summed E-state index contributed by atoms with van der Waals surface area (Å²) in [5.74, 6) is 1.98. The van der Waals surface area contributed by atoms with Crippen molar-refractivity contribution in [2.24, 2.45) is 0 Å². The van der Waals surface area contributed by atoms with Gasteiger partial charge in [0.25, 0.3) is 0 Å². The fourth-order valence-electron chi connectivity index (χ4n) is 4.21. The summed E-state index contributed by atoms with van der Waals surface area (Å²) >= 11 is 1.92. The van der Waals surface area contributed by atoms with E-state index in [1.807, 2.05) is 30.0 Å². The van der Waals surface area contributed by atoms with Gasteiger partial charge in [0, 0.05) is 35.7 Å². The second-order valence-electron chi connectivity index (χ2n) is 7.57. The minimum absolute atomic E-state index is 0.0278. The molecule has 1 saturated heterocycles. The van der Waals surface area contributed by atoms with Crippen LogP contribution < -0.4 is 5.32 Å². The minimum atomic E-state index is -0.160. The van der Waals surface area contributed by atoms with Gasteiger partial charge >= 0.3 is 0 Å². The van der Waals surface area contributed by atoms with Crippen molar-refractivity contribution in [3.8, 4) is 0 Å². The summed E-state index contributed by atoms with van der Waals surface area (Å²) < 4.78 is 13.1. The molecule has 2 aromatic rings. The van der Waals surface area contributed by atoms with Crippen molar-refractivity contribution in [3.63, 3.8) is 0 Å². The summed E-state index contributed by atoms with van der Waals surface area (Å²) in [4.78, 5) is 15.2. The standard InChI is InChI=1S/C22H25FN2OS/c1-15(26)24-20-6-7-22-21(12-20)18(14-27-22)13-25-10-8-17(9-11-25)16-2-4-19(23)5-3-16/h2-7,12,17-18H,8-11,13-14H2,1H3,(H,24,26). The van der Waals surface area contributed by atoms with Crippen LogP contribution in [-0.4, -0.2) is 36.2 Å². The summed E-state index contributed by atoms with van der Waals surface area (Å²) in [6.07, 6.45) is 2.26. The van der Waals surface area contributed by atoms with Crippen molar-refractivity contribution in [1.82, 2.24) is 4.90 Å². The maximum absolute atomic E-state index is 13.1. The number of nitrogens with one attached hydrogen (secondary N) is 1. The molecule has 0 radical (unpaired) electrons. The van der Waals surface area contributed by atoms with E-state index in [4.69, 9.17) is 0 Å². The van der Waals surface area contributed by atoms with E-state index in [2.05, 4.69) is 22.3 Å². The Hall–Kier alpha value is -1.85. The van der Waals surface area contributed by atoms with E-state index in [1.54, 1.807) is 19.1 Å². The van der Waals surface area contributed by atoms with E-state index in [0.29, 0.717) is 11.8 Å². The smallest absolute Gasteiger partial charge is 0.221 e. The van der Waals surface area contributed by atoms with Gasteiger partial charge in [-0.1, -0.05) is 12.1 Å². The average molecular weight is 385 g/mol. The highest BCUT2D eigenvalue weighted by Crippen LogP contribution is 2.41. The van der Waals surface area contributed by atoms with Crippen LogP contribution in [-0.2, 0) is 4.79 Å². The van der Waals surface area contributed by atoms with E-state index >= 15 is 0 Å². The van der Waals surface area contributed by atoms with E-state index < -0.39 is 0 Å². The number of carbonyl (C=O) groups excluding carboxylic acids is 1. The average Bonchev–Trinajstić information content (AvgIpc) is 3.05. The molecular formula is C22H25FN2OS. The zero-order chi connectivity index (χ0) is 18.8. The molecule has 142 valence electrons. The second-order valence-corrected chi connectivity index (χ2v) is 8.63. The van der Waals surface area contributed by atoms with Crippen LogP contribution >= 0.6 is 11.8 Å². The lowest BCUT2D eigenvalue weighted by atomic mass is 9.89. The number of piperidine rings is 1. The maximum Gasteiger partial charge on any atom is 0.221 e. The molecule has 4 rings (SSSR count). The van der Waals surface area contributed by atoms with Crippen molar-refractivity contribution in [3.05, 3.63) is 59.4 Å². The Morgan fingerprint density at radius 1 is 1.19 bits per heavy atom. The molecule has 1 N–H and O–H groups in total. The predicted octanol–water partition coefficient (Wildman–Crippen LogP) is 4.85. The molecule has 2 aromatic carbocycles. The zero-order valence-electron chi connectivity index (χ0n) is 15.6. The van der Waals surface area contributed by atoms with E-state index in [-0.39, 0.29) is 11.7 Å². The Morgan fingerprint density at radius 3 is 2.63 bits per heavy atom. The van der Waals surface area contributed by atoms with Crippen molar-refractivity contribution in [1.29, 1.82) is 0 Å². The number of nitrogens with zero attached hydrogens (tertiary/aromatic N) is 1. The molecule has 2 heterocycles. The van der Waals surface area contributed by atoms with Gasteiger partial charge in [-0.05, 0) is 73.3 Å². The van der Waals surface area contributed by atoms with Crippen LogP contribution in [0.3, 0.4) is 0 Å². The Bertz CT molecular complexity index is 816. The number of thioether (sulfide) groups is 1. The lowest BCUT2D eigenvalue weighted by Gasteiger charge is -2.33. The van der Waals surface area contributed by atoms with E-state index in [1.165, 1.54) is 16.0 Å². The van der Waals surface area contributed by atoms with Crippen molar-refractivity contribution >= 4 is 23.4 Å². The number of amides is 1. The third kappa shape index (κ3) is 4.36. The maximum atomic E-state index is 13.1. The fourth-order valence-corrected chi connectivity index (χ4v) is 5.43. The highest BCUT2D eigenvalue weighted by Gasteiger charge is 2.28. The number of hydrogen-bond donors (Lipinski definition) is 1. The number of rotatable bonds is 4. The number of hydrogen-bond acceptors (Lipinski definition) is 3. The van der Waals surface area contributed by atoms with Gasteiger partial charge in [0.05, 0.1) is 0 Å². The molecule has 2 aliphatic heterocycles. The van der Waals surface area contributed by atoms with E-state index in [0.717, 1.165) is 43.9 Å². The van der Waals surface area contributed by atoms with Crippen LogP contribution in [0.2, 0.25) is 0 Å². The molecule has 0 aromatic heterocycles. The first kappa shape index (κ1) is 18.5. The van der Waals surface area contributed by atoms with Crippen LogP contribution in [0, 0.1) is 5.82 Å². The molecule has 5 heteroatoms. The third-order valence-corrected chi connectivity index (χ3v) is 6.87. The topological polar surface area (TPSA) is 32.3 Å². The molecule has 3 nitrogen and oxygen atoms in total. The molecule has 1 fully saturated rings. The van der Waals surface area contributed by atoms with Crippen molar-refractivity contribution < 1.29 is 9.18 Å². The van der Waals surface area contributed by atoms with E-state index in [9.17, 15) is 9.18 Å². The second kappa shape index (κ2) is 8.03. The van der Waals surface area contributed by atoms with Gasteiger partial charge in [-0.2, -0.15) is 0 Å². The monoisotopic (exact) mass is 384 g/mol. The summed E-state index contributed by atoms with van der Waals surface area (Å²) in [6.45, 7) is 4.79. The highest BCUT2D eigenvalue weighted by atomic mass is 32.2. The van der Waals surface area contributed by atoms with Crippen LogP contribution in [0.5, 0.6) is 0 Å². The SMILES string of the molecule is CC(=O)Nc1ccc2c(c1)C(CN1CCC(c3ccc(F)cc3)CC1)CS2. The Balaban J connectivity index is 1.36. The molecular weight excluding hydrogens is 359 g/mol. The number of benzene rings is 2. The molecule has 0 saturated carbocycles. The molecule has 1 atom stereocenters. The number of fused-ring (bicyclic) bond motifs is 1. The summed E-state index contributed by atoms with van der Waals surface area (Å²) in [7, 11) is 0. The first-order valence-corrected chi connectivity index (χ1v) is 10.6. The number of carbonyl (C=O) groups is 1.